The number of carbonyl (C=O) groups is 2. The normalized spacial score (nSPS) is 17.9. The van der Waals surface area contributed by atoms with Gasteiger partial charge in [-0.2, -0.15) is 0 Å². The van der Waals surface area contributed by atoms with Gasteiger partial charge in [-0.1, -0.05) is 32.9 Å². The third-order valence-corrected chi connectivity index (χ3v) is 4.32. The second-order valence-electron chi connectivity index (χ2n) is 7.35. The Morgan fingerprint density at radius 3 is 2.50 bits per heavy atom. The molecular weight excluding hydrogens is 334 g/mol. The molecule has 0 saturated heterocycles. The van der Waals surface area contributed by atoms with E-state index in [-0.39, 0.29) is 23.7 Å². The van der Waals surface area contributed by atoms with Crippen molar-refractivity contribution in [3.63, 3.8) is 0 Å². The van der Waals surface area contributed by atoms with Gasteiger partial charge in [0.15, 0.2) is 11.5 Å². The van der Waals surface area contributed by atoms with Gasteiger partial charge in [0.25, 0.3) is 5.91 Å². The molecule has 2 heterocycles. The Balaban J connectivity index is 2.11. The summed E-state index contributed by atoms with van der Waals surface area (Å²) in [6.07, 6.45) is 1.49. The van der Waals surface area contributed by atoms with Crippen molar-refractivity contribution in [1.82, 2.24) is 4.90 Å². The van der Waals surface area contributed by atoms with E-state index < -0.39 is 23.1 Å². The van der Waals surface area contributed by atoms with Crippen molar-refractivity contribution in [3.05, 3.63) is 65.3 Å². The Morgan fingerprint density at radius 2 is 1.92 bits per heavy atom. The summed E-state index contributed by atoms with van der Waals surface area (Å²) in [4.78, 5) is 27.0. The van der Waals surface area contributed by atoms with Crippen LogP contribution in [-0.4, -0.2) is 26.8 Å². The molecular formula is C20H21NO5. The third kappa shape index (κ3) is 3.10. The van der Waals surface area contributed by atoms with Crippen LogP contribution in [0.25, 0.3) is 0 Å². The Hall–Kier alpha value is -3.02. The second kappa shape index (κ2) is 6.37. The summed E-state index contributed by atoms with van der Waals surface area (Å²) in [6, 6.07) is 8.96. The van der Waals surface area contributed by atoms with Gasteiger partial charge < -0.3 is 19.5 Å². The lowest BCUT2D eigenvalue weighted by molar-refractivity contribution is -0.130. The SMILES string of the molecule is CC(C)(C)C(=O)C1=C(O)C(=O)N(Cc2ccco2)C1c1cccc(O)c1. The number of aliphatic hydroxyl groups excluding tert-OH is 1. The molecule has 26 heavy (non-hydrogen) atoms. The lowest BCUT2D eigenvalue weighted by Crippen LogP contribution is -2.32. The van der Waals surface area contributed by atoms with Crippen LogP contribution in [-0.2, 0) is 16.1 Å². The molecule has 1 atom stereocenters. The standard InChI is InChI=1S/C20H21NO5/c1-20(2,3)18(24)15-16(12-6-4-7-13(22)10-12)21(19(25)17(15)23)11-14-8-5-9-26-14/h4-10,16,22-23H,11H2,1-3H3. The average molecular weight is 355 g/mol. The highest BCUT2D eigenvalue weighted by Gasteiger charge is 2.46. The average Bonchev–Trinajstić information content (AvgIpc) is 3.16. The minimum absolute atomic E-state index is 0.0156. The maximum Gasteiger partial charge on any atom is 0.290 e. The van der Waals surface area contributed by atoms with Crippen molar-refractivity contribution < 1.29 is 24.2 Å². The monoisotopic (exact) mass is 355 g/mol. The van der Waals surface area contributed by atoms with E-state index in [1.165, 1.54) is 23.3 Å². The van der Waals surface area contributed by atoms with E-state index in [1.54, 1.807) is 45.0 Å². The van der Waals surface area contributed by atoms with Crippen molar-refractivity contribution in [2.45, 2.75) is 33.4 Å². The fraction of sp³-hybridized carbons (Fsp3) is 0.300. The highest BCUT2D eigenvalue weighted by molar-refractivity contribution is 6.10. The molecule has 1 unspecified atom stereocenters. The highest BCUT2D eigenvalue weighted by Crippen LogP contribution is 2.42. The molecule has 1 aromatic heterocycles. The summed E-state index contributed by atoms with van der Waals surface area (Å²) in [5.41, 5.74) is -0.194. The van der Waals surface area contributed by atoms with E-state index in [0.717, 1.165) is 0 Å². The number of carbonyl (C=O) groups excluding carboxylic acids is 2. The number of ketones is 1. The molecule has 2 N–H and O–H groups in total. The zero-order valence-corrected chi connectivity index (χ0v) is 14.9. The van der Waals surface area contributed by atoms with Gasteiger partial charge in [0.1, 0.15) is 11.5 Å². The van der Waals surface area contributed by atoms with Gasteiger partial charge in [0, 0.05) is 5.41 Å². The van der Waals surface area contributed by atoms with Crippen LogP contribution < -0.4 is 0 Å². The van der Waals surface area contributed by atoms with E-state index in [4.69, 9.17) is 4.42 Å². The molecule has 1 aliphatic heterocycles. The molecule has 2 aromatic rings. The molecule has 0 bridgehead atoms. The van der Waals surface area contributed by atoms with E-state index in [9.17, 15) is 19.8 Å². The smallest absolute Gasteiger partial charge is 0.290 e. The largest absolute Gasteiger partial charge is 0.508 e. The molecule has 0 radical (unpaired) electrons. The van der Waals surface area contributed by atoms with Gasteiger partial charge in [-0.25, -0.2) is 0 Å². The Kier molecular flexibility index (Phi) is 4.36. The molecule has 6 nitrogen and oxygen atoms in total. The molecule has 0 saturated carbocycles. The van der Waals surface area contributed by atoms with Crippen LogP contribution in [0.1, 0.15) is 38.1 Å². The Bertz CT molecular complexity index is 874. The molecule has 1 aliphatic rings. The number of rotatable bonds is 4. The quantitative estimate of drug-likeness (QED) is 0.876. The van der Waals surface area contributed by atoms with E-state index in [2.05, 4.69) is 0 Å². The Morgan fingerprint density at radius 1 is 1.19 bits per heavy atom. The zero-order chi connectivity index (χ0) is 19.1. The van der Waals surface area contributed by atoms with Crippen LogP contribution in [0, 0.1) is 5.41 Å². The summed E-state index contributed by atoms with van der Waals surface area (Å²) >= 11 is 0. The van der Waals surface area contributed by atoms with E-state index in [0.29, 0.717) is 11.3 Å². The fourth-order valence-corrected chi connectivity index (χ4v) is 3.06. The molecule has 1 aromatic carbocycles. The molecule has 0 fully saturated rings. The van der Waals surface area contributed by atoms with E-state index >= 15 is 0 Å². The molecule has 136 valence electrons. The number of hydrogen-bond acceptors (Lipinski definition) is 5. The van der Waals surface area contributed by atoms with Crippen molar-refractivity contribution in [3.8, 4) is 5.75 Å². The van der Waals surface area contributed by atoms with E-state index in [1.807, 2.05) is 0 Å². The minimum Gasteiger partial charge on any atom is -0.508 e. The maximum atomic E-state index is 13.0. The van der Waals surface area contributed by atoms with Crippen molar-refractivity contribution in [2.75, 3.05) is 0 Å². The molecule has 0 spiro atoms. The number of aliphatic hydroxyl groups is 1. The van der Waals surface area contributed by atoms with Gasteiger partial charge in [-0.15, -0.1) is 0 Å². The first kappa shape index (κ1) is 17.8. The van der Waals surface area contributed by atoms with Crippen LogP contribution in [0.2, 0.25) is 0 Å². The number of hydrogen-bond donors (Lipinski definition) is 2. The molecule has 1 amide bonds. The van der Waals surface area contributed by atoms with Gasteiger partial charge in [0.05, 0.1) is 24.4 Å². The number of Topliss-reactive ketones (excluding diaryl/α,β-unsaturated/α-hetero) is 1. The first-order chi connectivity index (χ1) is 12.2. The van der Waals surface area contributed by atoms with Crippen molar-refractivity contribution >= 4 is 11.7 Å². The summed E-state index contributed by atoms with van der Waals surface area (Å²) in [6.45, 7) is 5.29. The van der Waals surface area contributed by atoms with Crippen LogP contribution >= 0.6 is 0 Å². The number of aromatic hydroxyl groups is 1. The number of amides is 1. The van der Waals surface area contributed by atoms with Crippen LogP contribution in [0.15, 0.2) is 58.4 Å². The number of benzene rings is 1. The minimum atomic E-state index is -0.800. The fourth-order valence-electron chi connectivity index (χ4n) is 3.06. The summed E-state index contributed by atoms with van der Waals surface area (Å²) in [7, 11) is 0. The van der Waals surface area contributed by atoms with Crippen LogP contribution in [0.3, 0.4) is 0 Å². The summed E-state index contributed by atoms with van der Waals surface area (Å²) in [5, 5.41) is 20.3. The molecule has 0 aliphatic carbocycles. The molecule has 3 rings (SSSR count). The number of phenolic OH excluding ortho intramolecular Hbond substituents is 1. The number of phenols is 1. The van der Waals surface area contributed by atoms with Crippen molar-refractivity contribution in [1.29, 1.82) is 0 Å². The van der Waals surface area contributed by atoms with Gasteiger partial charge >= 0.3 is 0 Å². The van der Waals surface area contributed by atoms with Gasteiger partial charge in [0.2, 0.25) is 0 Å². The molecule has 6 heteroatoms. The maximum absolute atomic E-state index is 13.0. The number of furan rings is 1. The van der Waals surface area contributed by atoms with Crippen LogP contribution in [0.5, 0.6) is 5.75 Å². The topological polar surface area (TPSA) is 91.0 Å². The second-order valence-corrected chi connectivity index (χ2v) is 7.35. The first-order valence-corrected chi connectivity index (χ1v) is 8.30. The highest BCUT2D eigenvalue weighted by atomic mass is 16.3. The predicted molar refractivity (Wildman–Crippen MR) is 94.2 cm³/mol. The lowest BCUT2D eigenvalue weighted by atomic mass is 9.82. The summed E-state index contributed by atoms with van der Waals surface area (Å²) < 4.78 is 5.32. The van der Waals surface area contributed by atoms with Gasteiger partial charge in [-0.3, -0.25) is 9.59 Å². The Labute approximate surface area is 151 Å². The third-order valence-electron chi connectivity index (χ3n) is 4.32. The zero-order valence-electron chi connectivity index (χ0n) is 14.9. The van der Waals surface area contributed by atoms with Crippen molar-refractivity contribution in [2.24, 2.45) is 5.41 Å². The van der Waals surface area contributed by atoms with Gasteiger partial charge in [-0.05, 0) is 29.8 Å². The lowest BCUT2D eigenvalue weighted by Gasteiger charge is -2.28. The van der Waals surface area contributed by atoms with Crippen LogP contribution in [0.4, 0.5) is 0 Å². The number of nitrogens with zero attached hydrogens (tertiary/aromatic N) is 1. The summed E-state index contributed by atoms with van der Waals surface area (Å²) in [5.74, 6) is -0.964. The predicted octanol–water partition coefficient (Wildman–Crippen LogP) is 3.50. The first-order valence-electron chi connectivity index (χ1n) is 8.30.